The van der Waals surface area contributed by atoms with Crippen molar-refractivity contribution in [3.05, 3.63) is 0 Å². The molecule has 0 aromatic rings. The van der Waals surface area contributed by atoms with Crippen LogP contribution in [0.3, 0.4) is 0 Å². The zero-order valence-electron chi connectivity index (χ0n) is 8.15. The van der Waals surface area contributed by atoms with Gasteiger partial charge in [0.15, 0.2) is 0 Å². The highest BCUT2D eigenvalue weighted by Gasteiger charge is 2.38. The topological polar surface area (TPSA) is 17.1 Å². The highest BCUT2D eigenvalue weighted by molar-refractivity contribution is 5.87. The molecule has 0 atom stereocenters. The largest absolute Gasteiger partial charge is 0.302 e. The predicted octanol–water partition coefficient (Wildman–Crippen LogP) is 3.04. The van der Waals surface area contributed by atoms with E-state index >= 15 is 0 Å². The van der Waals surface area contributed by atoms with Crippen LogP contribution in [0.1, 0.15) is 39.5 Å². The van der Waals surface area contributed by atoms with Crippen molar-refractivity contribution in [2.75, 3.05) is 0 Å². The van der Waals surface area contributed by atoms with Crippen molar-refractivity contribution >= 4 is 5.78 Å². The van der Waals surface area contributed by atoms with Crippen LogP contribution in [0.2, 0.25) is 0 Å². The highest BCUT2D eigenvalue weighted by atomic mass is 19.3. The van der Waals surface area contributed by atoms with Gasteiger partial charge in [0, 0.05) is 12.8 Å². The number of halogens is 2. The third-order valence-electron chi connectivity index (χ3n) is 2.82. The average Bonchev–Trinajstić information content (AvgIpc) is 2.03. The second-order valence-corrected chi connectivity index (χ2v) is 4.21. The molecule has 1 saturated carbocycles. The quantitative estimate of drug-likeness (QED) is 0.654. The molecule has 1 aliphatic rings. The van der Waals surface area contributed by atoms with E-state index in [0.29, 0.717) is 25.7 Å². The molecule has 1 fully saturated rings. The summed E-state index contributed by atoms with van der Waals surface area (Å²) in [6, 6.07) is 0. The average molecular weight is 190 g/mol. The lowest BCUT2D eigenvalue weighted by molar-refractivity contribution is -0.146. The molecule has 0 spiro atoms. The van der Waals surface area contributed by atoms with E-state index in [1.54, 1.807) is 0 Å². The number of hydrogen-bond acceptors (Lipinski definition) is 1. The van der Waals surface area contributed by atoms with Crippen molar-refractivity contribution in [3.63, 3.8) is 0 Å². The summed E-state index contributed by atoms with van der Waals surface area (Å²) in [5, 5.41) is 0. The summed E-state index contributed by atoms with van der Waals surface area (Å²) in [6.07, 6.45) is 3.10. The fraction of sp³-hybridized carbons (Fsp3) is 0.900. The molecule has 1 aliphatic carbocycles. The van der Waals surface area contributed by atoms with Crippen LogP contribution < -0.4 is 0 Å². The Kier molecular flexibility index (Phi) is 3.04. The van der Waals surface area contributed by atoms with Crippen LogP contribution in [0.5, 0.6) is 0 Å². The fourth-order valence-corrected chi connectivity index (χ4v) is 1.88. The van der Waals surface area contributed by atoms with E-state index in [0.717, 1.165) is 12.8 Å². The lowest BCUT2D eigenvalue weighted by Gasteiger charge is -2.26. The molecule has 0 aromatic heterocycles. The van der Waals surface area contributed by atoms with Gasteiger partial charge < -0.3 is 0 Å². The molecule has 0 heterocycles. The molecular weight excluding hydrogens is 174 g/mol. The van der Waals surface area contributed by atoms with Gasteiger partial charge in [0.2, 0.25) is 5.78 Å². The van der Waals surface area contributed by atoms with Crippen molar-refractivity contribution in [1.82, 2.24) is 0 Å². The molecule has 0 N–H and O–H groups in total. The third-order valence-corrected chi connectivity index (χ3v) is 2.82. The van der Waals surface area contributed by atoms with E-state index in [1.165, 1.54) is 0 Å². The Balaban J connectivity index is 2.50. The Bertz CT molecular complexity index is 188. The summed E-state index contributed by atoms with van der Waals surface area (Å²) in [5.74, 6) is -3.80. The second-order valence-electron chi connectivity index (χ2n) is 4.21. The third kappa shape index (κ3) is 2.75. The Morgan fingerprint density at radius 3 is 2.08 bits per heavy atom. The first-order valence-corrected chi connectivity index (χ1v) is 4.83. The van der Waals surface area contributed by atoms with Crippen LogP contribution in [0.25, 0.3) is 0 Å². The molecular formula is C10H16F2O. The fourth-order valence-electron chi connectivity index (χ4n) is 1.88. The zero-order chi connectivity index (χ0) is 10.1. The van der Waals surface area contributed by atoms with Crippen LogP contribution in [0.15, 0.2) is 0 Å². The van der Waals surface area contributed by atoms with Crippen molar-refractivity contribution in [2.24, 2.45) is 11.8 Å². The Morgan fingerprint density at radius 1 is 1.23 bits per heavy atom. The number of hydrogen-bond donors (Lipinski definition) is 0. The first-order valence-electron chi connectivity index (χ1n) is 4.83. The number of Topliss-reactive ketones (excluding diaryl/α,β-unsaturated/α-hetero) is 1. The lowest BCUT2D eigenvalue weighted by atomic mass is 9.80. The smallest absolute Gasteiger partial charge is 0.293 e. The minimum Gasteiger partial charge on any atom is -0.293 e. The first kappa shape index (κ1) is 10.6. The number of rotatable bonds is 2. The molecule has 13 heavy (non-hydrogen) atoms. The van der Waals surface area contributed by atoms with Crippen LogP contribution in [0.4, 0.5) is 8.78 Å². The van der Waals surface area contributed by atoms with Crippen LogP contribution in [0, 0.1) is 11.8 Å². The molecule has 1 nitrogen and oxygen atoms in total. The maximum atomic E-state index is 12.6. The Hall–Kier alpha value is -0.470. The SMILES string of the molecule is CC1CCC(C(=O)C(C)(F)F)CC1. The van der Waals surface area contributed by atoms with Crippen molar-refractivity contribution in [2.45, 2.75) is 45.5 Å². The maximum Gasteiger partial charge on any atom is 0.302 e. The molecule has 0 radical (unpaired) electrons. The second kappa shape index (κ2) is 3.72. The maximum absolute atomic E-state index is 12.6. The minimum atomic E-state index is -3.13. The predicted molar refractivity (Wildman–Crippen MR) is 46.8 cm³/mol. The summed E-state index contributed by atoms with van der Waals surface area (Å²) in [5.41, 5.74) is 0. The van der Waals surface area contributed by atoms with E-state index < -0.39 is 17.6 Å². The van der Waals surface area contributed by atoms with E-state index in [1.807, 2.05) is 0 Å². The lowest BCUT2D eigenvalue weighted by Crippen LogP contribution is -2.33. The number of carbonyl (C=O) groups excluding carboxylic acids is 1. The molecule has 0 unspecified atom stereocenters. The Morgan fingerprint density at radius 2 is 1.69 bits per heavy atom. The van der Waals surface area contributed by atoms with Gasteiger partial charge >= 0.3 is 5.92 Å². The zero-order valence-corrected chi connectivity index (χ0v) is 8.15. The van der Waals surface area contributed by atoms with E-state index in [2.05, 4.69) is 6.92 Å². The van der Waals surface area contributed by atoms with Gasteiger partial charge in [0.05, 0.1) is 0 Å². The normalized spacial score (nSPS) is 30.2. The van der Waals surface area contributed by atoms with E-state index in [4.69, 9.17) is 0 Å². The first-order chi connectivity index (χ1) is 5.91. The van der Waals surface area contributed by atoms with Gasteiger partial charge in [-0.15, -0.1) is 0 Å². The standard InChI is InChI=1S/C10H16F2O/c1-7-3-5-8(6-4-7)9(13)10(2,11)12/h7-8H,3-6H2,1-2H3. The van der Waals surface area contributed by atoms with Gasteiger partial charge in [-0.3, -0.25) is 4.79 Å². The van der Waals surface area contributed by atoms with Crippen molar-refractivity contribution in [3.8, 4) is 0 Å². The van der Waals surface area contributed by atoms with Gasteiger partial charge in [-0.2, -0.15) is 8.78 Å². The van der Waals surface area contributed by atoms with Crippen LogP contribution in [-0.2, 0) is 4.79 Å². The van der Waals surface area contributed by atoms with Gasteiger partial charge in [-0.25, -0.2) is 0 Å². The summed E-state index contributed by atoms with van der Waals surface area (Å²) >= 11 is 0. The minimum absolute atomic E-state index is 0.392. The molecule has 0 aliphatic heterocycles. The summed E-state index contributed by atoms with van der Waals surface area (Å²) in [7, 11) is 0. The van der Waals surface area contributed by atoms with Crippen molar-refractivity contribution < 1.29 is 13.6 Å². The molecule has 76 valence electrons. The van der Waals surface area contributed by atoms with Gasteiger partial charge in [0.1, 0.15) is 0 Å². The van der Waals surface area contributed by atoms with Gasteiger partial charge in [-0.1, -0.05) is 19.8 Å². The molecule has 3 heteroatoms. The Labute approximate surface area is 77.5 Å². The van der Waals surface area contributed by atoms with Gasteiger partial charge in [0.25, 0.3) is 0 Å². The summed E-state index contributed by atoms with van der Waals surface area (Å²) in [4.78, 5) is 11.2. The van der Waals surface area contributed by atoms with Gasteiger partial charge in [-0.05, 0) is 18.8 Å². The number of alkyl halides is 2. The highest BCUT2D eigenvalue weighted by Crippen LogP contribution is 2.32. The monoisotopic (exact) mass is 190 g/mol. The van der Waals surface area contributed by atoms with E-state index in [9.17, 15) is 13.6 Å². The van der Waals surface area contributed by atoms with Crippen LogP contribution >= 0.6 is 0 Å². The number of carbonyl (C=O) groups is 1. The molecule has 0 bridgehead atoms. The van der Waals surface area contributed by atoms with E-state index in [-0.39, 0.29) is 0 Å². The summed E-state index contributed by atoms with van der Waals surface area (Å²) in [6.45, 7) is 2.80. The molecule has 0 saturated heterocycles. The molecule has 1 rings (SSSR count). The summed E-state index contributed by atoms with van der Waals surface area (Å²) < 4.78 is 25.3. The van der Waals surface area contributed by atoms with Crippen LogP contribution in [-0.4, -0.2) is 11.7 Å². The number of ketones is 1. The van der Waals surface area contributed by atoms with Crippen molar-refractivity contribution in [1.29, 1.82) is 0 Å². The molecule has 0 amide bonds. The molecule has 0 aromatic carbocycles.